The predicted molar refractivity (Wildman–Crippen MR) is 109 cm³/mol. The summed E-state index contributed by atoms with van der Waals surface area (Å²) in [7, 11) is 0. The van der Waals surface area contributed by atoms with Crippen molar-refractivity contribution < 1.29 is 4.74 Å². The first-order valence-electron chi connectivity index (χ1n) is 8.44. The van der Waals surface area contributed by atoms with Crippen molar-refractivity contribution in [1.82, 2.24) is 14.9 Å². The number of nitrogens with zero attached hydrogens (tertiary/aromatic N) is 3. The third-order valence-corrected chi connectivity index (χ3v) is 5.13. The number of benzene rings is 1. The number of aryl methyl sites for hydroxylation is 2. The molecule has 1 N–H and O–H groups in total. The van der Waals surface area contributed by atoms with E-state index in [1.807, 2.05) is 6.07 Å². The summed E-state index contributed by atoms with van der Waals surface area (Å²) in [6.45, 7) is 8.72. The van der Waals surface area contributed by atoms with Crippen molar-refractivity contribution in [2.24, 2.45) is 5.10 Å². The summed E-state index contributed by atoms with van der Waals surface area (Å²) in [4.78, 5) is 2.31. The Kier molecular flexibility index (Phi) is 5.68. The van der Waals surface area contributed by atoms with E-state index in [2.05, 4.69) is 67.3 Å². The summed E-state index contributed by atoms with van der Waals surface area (Å²) in [5.74, 6) is 1.89. The molecule has 5 nitrogen and oxygen atoms in total. The van der Waals surface area contributed by atoms with Crippen LogP contribution in [0.15, 0.2) is 35.4 Å². The number of hydrogen-bond donors (Lipinski definition) is 1. The minimum absolute atomic E-state index is 0.289. The Morgan fingerprint density at radius 2 is 2.12 bits per heavy atom. The second kappa shape index (κ2) is 7.97. The molecule has 0 aliphatic rings. The van der Waals surface area contributed by atoms with Crippen LogP contribution in [0.25, 0.3) is 0 Å². The Hall–Kier alpha value is -2.25. The van der Waals surface area contributed by atoms with Gasteiger partial charge in [0, 0.05) is 9.75 Å². The number of rotatable bonds is 6. The molecule has 0 bridgehead atoms. The number of thiophene rings is 1. The third-order valence-electron chi connectivity index (χ3n) is 3.93. The summed E-state index contributed by atoms with van der Waals surface area (Å²) in [6.07, 6.45) is 1.79. The molecule has 0 atom stereocenters. The fourth-order valence-corrected chi connectivity index (χ4v) is 3.50. The van der Waals surface area contributed by atoms with Gasteiger partial charge in [-0.1, -0.05) is 26.0 Å². The van der Waals surface area contributed by atoms with Gasteiger partial charge in [-0.3, -0.25) is 0 Å². The minimum atomic E-state index is 0.289. The first-order valence-corrected chi connectivity index (χ1v) is 9.67. The monoisotopic (exact) mass is 386 g/mol. The molecule has 2 aromatic heterocycles. The molecule has 3 rings (SSSR count). The van der Waals surface area contributed by atoms with E-state index in [-0.39, 0.29) is 6.61 Å². The molecule has 2 heterocycles. The zero-order valence-corrected chi connectivity index (χ0v) is 16.9. The van der Waals surface area contributed by atoms with Crippen molar-refractivity contribution in [3.05, 3.63) is 61.8 Å². The summed E-state index contributed by atoms with van der Waals surface area (Å²) >= 11 is 6.97. The normalized spacial score (nSPS) is 11.6. The van der Waals surface area contributed by atoms with Gasteiger partial charge in [-0.2, -0.15) is 14.9 Å². The molecule has 0 aliphatic carbocycles. The zero-order valence-electron chi connectivity index (χ0n) is 15.3. The summed E-state index contributed by atoms with van der Waals surface area (Å²) in [6, 6.07) is 10.4. The van der Waals surface area contributed by atoms with Crippen LogP contribution in [0.2, 0.25) is 0 Å². The molecule has 136 valence electrons. The number of hydrogen-bond acceptors (Lipinski definition) is 5. The van der Waals surface area contributed by atoms with Crippen molar-refractivity contribution in [3.8, 4) is 5.75 Å². The number of nitrogens with one attached hydrogen (secondary N) is 1. The first-order chi connectivity index (χ1) is 12.4. The van der Waals surface area contributed by atoms with Crippen LogP contribution in [-0.4, -0.2) is 21.1 Å². The van der Waals surface area contributed by atoms with E-state index in [1.54, 1.807) is 22.2 Å². The molecule has 0 spiro atoms. The quantitative estimate of drug-likeness (QED) is 0.468. The van der Waals surface area contributed by atoms with Crippen LogP contribution in [0, 0.1) is 18.6 Å². The molecular formula is C19H22N4OS2. The van der Waals surface area contributed by atoms with Gasteiger partial charge in [0.25, 0.3) is 0 Å². The predicted octanol–water partition coefficient (Wildman–Crippen LogP) is 5.20. The topological polar surface area (TPSA) is 55.2 Å². The van der Waals surface area contributed by atoms with Gasteiger partial charge in [-0.15, -0.1) is 11.3 Å². The van der Waals surface area contributed by atoms with E-state index in [9.17, 15) is 0 Å². The summed E-state index contributed by atoms with van der Waals surface area (Å²) in [5, 5.41) is 11.5. The van der Waals surface area contributed by atoms with Crippen LogP contribution in [0.5, 0.6) is 5.75 Å². The molecule has 0 aliphatic heterocycles. The molecule has 0 radical (unpaired) electrons. The van der Waals surface area contributed by atoms with Crippen molar-refractivity contribution in [2.45, 2.75) is 40.2 Å². The van der Waals surface area contributed by atoms with Gasteiger partial charge in [-0.25, -0.2) is 5.10 Å². The highest BCUT2D eigenvalue weighted by molar-refractivity contribution is 7.71. The molecule has 0 fully saturated rings. The molecule has 26 heavy (non-hydrogen) atoms. The van der Waals surface area contributed by atoms with Crippen LogP contribution in [0.4, 0.5) is 0 Å². The lowest BCUT2D eigenvalue weighted by atomic mass is 10.0. The van der Waals surface area contributed by atoms with Gasteiger partial charge in [0.2, 0.25) is 4.77 Å². The lowest BCUT2D eigenvalue weighted by Gasteiger charge is -2.14. The Bertz CT molecular complexity index is 982. The third kappa shape index (κ3) is 4.28. The second-order valence-corrected chi connectivity index (χ2v) is 8.14. The van der Waals surface area contributed by atoms with Gasteiger partial charge in [0.05, 0.1) is 6.21 Å². The Morgan fingerprint density at radius 1 is 1.31 bits per heavy atom. The highest BCUT2D eigenvalue weighted by Crippen LogP contribution is 2.28. The van der Waals surface area contributed by atoms with E-state index < -0.39 is 0 Å². The Labute approximate surface area is 162 Å². The molecule has 0 amide bonds. The average molecular weight is 387 g/mol. The van der Waals surface area contributed by atoms with Gasteiger partial charge >= 0.3 is 0 Å². The van der Waals surface area contributed by atoms with Crippen LogP contribution in [0.3, 0.4) is 0 Å². The van der Waals surface area contributed by atoms with Crippen LogP contribution < -0.4 is 4.74 Å². The van der Waals surface area contributed by atoms with Gasteiger partial charge in [-0.05, 0) is 61.3 Å². The lowest BCUT2D eigenvalue weighted by Crippen LogP contribution is -2.06. The van der Waals surface area contributed by atoms with Crippen molar-refractivity contribution in [1.29, 1.82) is 0 Å². The van der Waals surface area contributed by atoms with Crippen LogP contribution in [-0.2, 0) is 6.61 Å². The molecule has 0 saturated heterocycles. The smallest absolute Gasteiger partial charge is 0.216 e. The van der Waals surface area contributed by atoms with E-state index in [0.29, 0.717) is 16.5 Å². The first kappa shape index (κ1) is 18.5. The fourth-order valence-electron chi connectivity index (χ4n) is 2.56. The highest BCUT2D eigenvalue weighted by Gasteiger charge is 2.11. The summed E-state index contributed by atoms with van der Waals surface area (Å²) in [5.41, 5.74) is 2.34. The van der Waals surface area contributed by atoms with Crippen LogP contribution >= 0.6 is 23.6 Å². The standard InChI is InChI=1S/C19H22N4OS2/c1-12(2)16-8-5-13(3)9-17(16)24-11-18-21-22-19(25)23(18)20-10-15-7-6-14(4)26-15/h5-10,12H,11H2,1-4H3,(H,22,25)/b20-10-. The van der Waals surface area contributed by atoms with Crippen molar-refractivity contribution in [2.75, 3.05) is 0 Å². The van der Waals surface area contributed by atoms with E-state index in [1.165, 1.54) is 10.4 Å². The molecule has 0 saturated carbocycles. The van der Waals surface area contributed by atoms with E-state index in [4.69, 9.17) is 17.0 Å². The lowest BCUT2D eigenvalue weighted by molar-refractivity contribution is 0.286. The Balaban J connectivity index is 1.81. The molecule has 1 aromatic carbocycles. The van der Waals surface area contributed by atoms with Crippen molar-refractivity contribution in [3.63, 3.8) is 0 Å². The van der Waals surface area contributed by atoms with Crippen LogP contribution in [0.1, 0.15) is 46.5 Å². The second-order valence-electron chi connectivity index (χ2n) is 6.43. The minimum Gasteiger partial charge on any atom is -0.485 e. The summed E-state index contributed by atoms with van der Waals surface area (Å²) < 4.78 is 8.11. The average Bonchev–Trinajstić information content (AvgIpc) is 3.16. The number of ether oxygens (including phenoxy) is 1. The van der Waals surface area contributed by atoms with Gasteiger partial charge in [0.15, 0.2) is 5.82 Å². The Morgan fingerprint density at radius 3 is 2.81 bits per heavy atom. The number of H-pyrrole nitrogens is 1. The maximum absolute atomic E-state index is 6.05. The number of aromatic nitrogens is 3. The fraction of sp³-hybridized carbons (Fsp3) is 0.316. The van der Waals surface area contributed by atoms with Gasteiger partial charge in [0.1, 0.15) is 12.4 Å². The highest BCUT2D eigenvalue weighted by atomic mass is 32.1. The van der Waals surface area contributed by atoms with Gasteiger partial charge < -0.3 is 4.74 Å². The molecule has 0 unspecified atom stereocenters. The zero-order chi connectivity index (χ0) is 18.7. The van der Waals surface area contributed by atoms with E-state index >= 15 is 0 Å². The van der Waals surface area contributed by atoms with Crippen molar-refractivity contribution >= 4 is 29.8 Å². The van der Waals surface area contributed by atoms with E-state index in [0.717, 1.165) is 16.2 Å². The maximum atomic E-state index is 6.05. The molecule has 3 aromatic rings. The molecule has 7 heteroatoms. The SMILES string of the molecule is Cc1ccc(C(C)C)c(OCc2n[nH]c(=S)n2/N=C\c2ccc(C)s2)c1. The maximum Gasteiger partial charge on any atom is 0.216 e. The largest absolute Gasteiger partial charge is 0.485 e. The molecular weight excluding hydrogens is 364 g/mol. The number of aromatic amines is 1.